The van der Waals surface area contributed by atoms with Gasteiger partial charge in [-0.25, -0.2) is 4.98 Å². The fourth-order valence-corrected chi connectivity index (χ4v) is 1.40. The number of anilines is 1. The van der Waals surface area contributed by atoms with E-state index in [4.69, 9.17) is 10.4 Å². The first-order chi connectivity index (χ1) is 7.48. The summed E-state index contributed by atoms with van der Waals surface area (Å²) in [5.41, 5.74) is 1.11. The van der Waals surface area contributed by atoms with Crippen molar-refractivity contribution in [2.45, 2.75) is 32.7 Å². The number of nitrogens with zero attached hydrogens (tertiary/aromatic N) is 2. The third kappa shape index (κ3) is 3.21. The van der Waals surface area contributed by atoms with Crippen LogP contribution in [0.15, 0.2) is 12.1 Å². The maximum absolute atomic E-state index is 8.96. The fourth-order valence-electron chi connectivity index (χ4n) is 1.40. The van der Waals surface area contributed by atoms with Gasteiger partial charge in [0.05, 0.1) is 5.56 Å². The molecule has 0 atom stereocenters. The lowest BCUT2D eigenvalue weighted by Crippen LogP contribution is -2.32. The lowest BCUT2D eigenvalue weighted by molar-refractivity contribution is 0.260. The number of nitrogens with one attached hydrogen (secondary N) is 1. The Morgan fingerprint density at radius 1 is 1.50 bits per heavy atom. The van der Waals surface area contributed by atoms with E-state index in [1.54, 1.807) is 6.07 Å². The van der Waals surface area contributed by atoms with Crippen molar-refractivity contribution < 1.29 is 5.11 Å². The molecule has 0 radical (unpaired) electrons. The molecule has 0 aliphatic rings. The summed E-state index contributed by atoms with van der Waals surface area (Å²) in [6.07, 6.45) is 0.605. The summed E-state index contributed by atoms with van der Waals surface area (Å²) in [6.45, 7) is 5.92. The van der Waals surface area contributed by atoms with E-state index in [-0.39, 0.29) is 12.1 Å². The number of nitriles is 1. The van der Waals surface area contributed by atoms with E-state index in [0.29, 0.717) is 17.8 Å². The number of aryl methyl sites for hydroxylation is 1. The Balaban J connectivity index is 2.96. The van der Waals surface area contributed by atoms with E-state index in [1.807, 2.05) is 26.8 Å². The Morgan fingerprint density at radius 2 is 2.19 bits per heavy atom. The molecule has 0 aliphatic carbocycles. The Bertz CT molecular complexity index is 407. The van der Waals surface area contributed by atoms with E-state index >= 15 is 0 Å². The number of hydrogen-bond donors (Lipinski definition) is 2. The van der Waals surface area contributed by atoms with E-state index in [0.717, 1.165) is 5.69 Å². The van der Waals surface area contributed by atoms with E-state index < -0.39 is 0 Å². The van der Waals surface area contributed by atoms with Gasteiger partial charge in [-0.15, -0.1) is 0 Å². The molecule has 1 aromatic heterocycles. The maximum atomic E-state index is 8.96. The molecule has 0 spiro atoms. The smallest absolute Gasteiger partial charge is 0.144 e. The highest BCUT2D eigenvalue weighted by atomic mass is 16.3. The molecule has 0 unspecified atom stereocenters. The average molecular weight is 219 g/mol. The van der Waals surface area contributed by atoms with E-state index in [2.05, 4.69) is 16.4 Å². The van der Waals surface area contributed by atoms with Gasteiger partial charge in [-0.1, -0.05) is 0 Å². The van der Waals surface area contributed by atoms with Crippen LogP contribution in [0.1, 0.15) is 31.5 Å². The highest BCUT2D eigenvalue weighted by Crippen LogP contribution is 2.19. The van der Waals surface area contributed by atoms with Gasteiger partial charge in [0, 0.05) is 17.8 Å². The zero-order valence-corrected chi connectivity index (χ0v) is 9.91. The molecule has 4 nitrogen and oxygen atoms in total. The van der Waals surface area contributed by atoms with Gasteiger partial charge < -0.3 is 10.4 Å². The van der Waals surface area contributed by atoms with E-state index in [9.17, 15) is 0 Å². The van der Waals surface area contributed by atoms with Crippen LogP contribution in [0.25, 0.3) is 0 Å². The summed E-state index contributed by atoms with van der Waals surface area (Å²) >= 11 is 0. The zero-order chi connectivity index (χ0) is 12.2. The first-order valence-electron chi connectivity index (χ1n) is 5.25. The van der Waals surface area contributed by atoms with Gasteiger partial charge in [0.15, 0.2) is 0 Å². The van der Waals surface area contributed by atoms with Crippen LogP contribution in [0.2, 0.25) is 0 Å². The van der Waals surface area contributed by atoms with Gasteiger partial charge in [0.2, 0.25) is 0 Å². The summed E-state index contributed by atoms with van der Waals surface area (Å²) in [5.74, 6) is 0.584. The van der Waals surface area contributed by atoms with Gasteiger partial charge in [-0.2, -0.15) is 5.26 Å². The average Bonchev–Trinajstić information content (AvgIpc) is 2.17. The minimum absolute atomic E-state index is 0.105. The third-order valence-corrected chi connectivity index (χ3v) is 2.35. The molecule has 0 bridgehead atoms. The lowest BCUT2D eigenvalue weighted by atomic mass is 10.0. The van der Waals surface area contributed by atoms with Crippen molar-refractivity contribution in [1.29, 1.82) is 5.26 Å². The summed E-state index contributed by atoms with van der Waals surface area (Å²) in [6, 6.07) is 5.66. The van der Waals surface area contributed by atoms with Crippen LogP contribution >= 0.6 is 0 Å². The molecular weight excluding hydrogens is 202 g/mol. The molecule has 0 saturated carbocycles. The number of aliphatic hydroxyl groups excluding tert-OH is 1. The quantitative estimate of drug-likeness (QED) is 0.810. The maximum Gasteiger partial charge on any atom is 0.144 e. The second kappa shape index (κ2) is 4.95. The molecule has 1 heterocycles. The molecule has 86 valence electrons. The fraction of sp³-hybridized carbons (Fsp3) is 0.500. The van der Waals surface area contributed by atoms with Gasteiger partial charge >= 0.3 is 0 Å². The summed E-state index contributed by atoms with van der Waals surface area (Å²) in [4.78, 5) is 4.30. The molecule has 0 fully saturated rings. The van der Waals surface area contributed by atoms with Crippen LogP contribution in [0, 0.1) is 18.3 Å². The van der Waals surface area contributed by atoms with Crippen LogP contribution in [0.3, 0.4) is 0 Å². The van der Waals surface area contributed by atoms with Gasteiger partial charge in [-0.05, 0) is 39.3 Å². The minimum Gasteiger partial charge on any atom is -0.396 e. The van der Waals surface area contributed by atoms with Crippen LogP contribution in [-0.4, -0.2) is 22.2 Å². The molecule has 0 aromatic carbocycles. The molecule has 0 saturated heterocycles. The Labute approximate surface area is 95.9 Å². The van der Waals surface area contributed by atoms with Crippen LogP contribution < -0.4 is 5.32 Å². The first-order valence-corrected chi connectivity index (χ1v) is 5.25. The summed E-state index contributed by atoms with van der Waals surface area (Å²) in [5, 5.41) is 21.1. The second-order valence-corrected chi connectivity index (χ2v) is 4.44. The second-order valence-electron chi connectivity index (χ2n) is 4.44. The van der Waals surface area contributed by atoms with Crippen molar-refractivity contribution in [3.05, 3.63) is 23.4 Å². The van der Waals surface area contributed by atoms with Crippen LogP contribution in [-0.2, 0) is 0 Å². The normalized spacial score (nSPS) is 10.9. The number of rotatable bonds is 4. The zero-order valence-electron chi connectivity index (χ0n) is 9.91. The Hall–Kier alpha value is -1.60. The van der Waals surface area contributed by atoms with E-state index in [1.165, 1.54) is 0 Å². The number of aromatic nitrogens is 1. The number of pyridine rings is 1. The van der Waals surface area contributed by atoms with Crippen molar-refractivity contribution >= 4 is 5.82 Å². The van der Waals surface area contributed by atoms with Crippen molar-refractivity contribution in [3.63, 3.8) is 0 Å². The molecule has 16 heavy (non-hydrogen) atoms. The van der Waals surface area contributed by atoms with Gasteiger partial charge in [-0.3, -0.25) is 0 Å². The molecular formula is C12H17N3O. The standard InChI is InChI=1S/C12H17N3O/c1-9-4-5-10(8-13)11(14-9)15-12(2,3)6-7-16/h4-5,16H,6-7H2,1-3H3,(H,14,15). The predicted octanol–water partition coefficient (Wildman–Crippen LogP) is 1.83. The van der Waals surface area contributed by atoms with Gasteiger partial charge in [0.1, 0.15) is 11.9 Å². The largest absolute Gasteiger partial charge is 0.396 e. The Morgan fingerprint density at radius 3 is 2.75 bits per heavy atom. The number of hydrogen-bond acceptors (Lipinski definition) is 4. The summed E-state index contributed by atoms with van der Waals surface area (Å²) in [7, 11) is 0. The van der Waals surface area contributed by atoms with Crippen molar-refractivity contribution in [2.24, 2.45) is 0 Å². The molecule has 1 rings (SSSR count). The number of aliphatic hydroxyl groups is 1. The van der Waals surface area contributed by atoms with Crippen LogP contribution in [0.4, 0.5) is 5.82 Å². The molecule has 2 N–H and O–H groups in total. The van der Waals surface area contributed by atoms with Crippen LogP contribution in [0.5, 0.6) is 0 Å². The van der Waals surface area contributed by atoms with Crippen molar-refractivity contribution in [1.82, 2.24) is 4.98 Å². The van der Waals surface area contributed by atoms with Gasteiger partial charge in [0.25, 0.3) is 0 Å². The molecule has 0 aliphatic heterocycles. The SMILES string of the molecule is Cc1ccc(C#N)c(NC(C)(C)CCO)n1. The minimum atomic E-state index is -0.277. The predicted molar refractivity (Wildman–Crippen MR) is 63.1 cm³/mol. The molecule has 1 aromatic rings. The highest BCUT2D eigenvalue weighted by Gasteiger charge is 2.18. The molecule has 0 amide bonds. The third-order valence-electron chi connectivity index (χ3n) is 2.35. The summed E-state index contributed by atoms with van der Waals surface area (Å²) < 4.78 is 0. The first kappa shape index (κ1) is 12.5. The lowest BCUT2D eigenvalue weighted by Gasteiger charge is -2.26. The Kier molecular flexibility index (Phi) is 3.86. The topological polar surface area (TPSA) is 68.9 Å². The van der Waals surface area contributed by atoms with Crippen molar-refractivity contribution in [2.75, 3.05) is 11.9 Å². The van der Waals surface area contributed by atoms with Crippen molar-refractivity contribution in [3.8, 4) is 6.07 Å². The molecule has 4 heteroatoms. The monoisotopic (exact) mass is 219 g/mol. The highest BCUT2D eigenvalue weighted by molar-refractivity contribution is 5.53.